The second-order valence-corrected chi connectivity index (χ2v) is 12.5. The zero-order valence-electron chi connectivity index (χ0n) is 19.9. The van der Waals surface area contributed by atoms with Crippen molar-refractivity contribution in [3.63, 3.8) is 0 Å². The molecule has 0 radical (unpaired) electrons. The van der Waals surface area contributed by atoms with Crippen molar-refractivity contribution in [2.45, 2.75) is 19.1 Å². The first-order valence-electron chi connectivity index (χ1n) is 11.6. The van der Waals surface area contributed by atoms with Gasteiger partial charge in [-0.05, 0) is 0 Å². The molecule has 5 nitrogen and oxygen atoms in total. The zero-order chi connectivity index (χ0) is 25.1. The Morgan fingerprint density at radius 1 is 1.03 bits per heavy atom. The van der Waals surface area contributed by atoms with Crippen LogP contribution in [0.3, 0.4) is 0 Å². The number of benzene rings is 3. The molecule has 0 amide bonds. The summed E-state index contributed by atoms with van der Waals surface area (Å²) in [6, 6.07) is 27.1. The van der Waals surface area contributed by atoms with Crippen LogP contribution in [0.1, 0.15) is 29.2 Å². The summed E-state index contributed by atoms with van der Waals surface area (Å²) in [6.07, 6.45) is 2.27. The summed E-state index contributed by atoms with van der Waals surface area (Å²) in [7, 11) is 0. The Balaban J connectivity index is 1.70. The van der Waals surface area contributed by atoms with Gasteiger partial charge in [-0.15, -0.1) is 0 Å². The van der Waals surface area contributed by atoms with Crippen molar-refractivity contribution in [1.29, 1.82) is 5.26 Å². The Morgan fingerprint density at radius 2 is 1.69 bits per heavy atom. The topological polar surface area (TPSA) is 77.7 Å². The first-order valence-corrected chi connectivity index (χ1v) is 15.3. The van der Waals surface area contributed by atoms with Crippen LogP contribution in [0.5, 0.6) is 0 Å². The Labute approximate surface area is 213 Å². The number of aromatic nitrogens is 3. The fourth-order valence-corrected chi connectivity index (χ4v) is 8.09. The van der Waals surface area contributed by atoms with Crippen LogP contribution in [-0.2, 0) is 6.42 Å². The van der Waals surface area contributed by atoms with Crippen molar-refractivity contribution in [3.8, 4) is 6.07 Å². The molecule has 176 valence electrons. The van der Waals surface area contributed by atoms with E-state index in [0.29, 0.717) is 27.7 Å². The van der Waals surface area contributed by atoms with Crippen molar-refractivity contribution in [2.24, 2.45) is 4.99 Å². The number of halogens is 1. The van der Waals surface area contributed by atoms with Gasteiger partial charge in [0.2, 0.25) is 0 Å². The summed E-state index contributed by atoms with van der Waals surface area (Å²) in [5, 5.41) is 9.29. The van der Waals surface area contributed by atoms with Crippen molar-refractivity contribution in [2.75, 3.05) is 0 Å². The van der Waals surface area contributed by atoms with Crippen molar-refractivity contribution in [3.05, 3.63) is 113 Å². The summed E-state index contributed by atoms with van der Waals surface area (Å²) in [4.78, 5) is 17.7. The molecule has 5 aromatic rings. The summed E-state index contributed by atoms with van der Waals surface area (Å²) < 4.78 is 16.7. The average molecular weight is 535 g/mol. The molecule has 0 aliphatic rings. The Bertz CT molecular complexity index is 1560. The molecular weight excluding hydrogens is 512 g/mol. The number of hydrogen-bond acceptors (Lipinski definition) is 4. The minimum atomic E-state index is -2.15. The quantitative estimate of drug-likeness (QED) is 0.247. The zero-order valence-corrected chi connectivity index (χ0v) is 21.8. The van der Waals surface area contributed by atoms with Crippen LogP contribution >= 0.6 is 0 Å². The molecule has 36 heavy (non-hydrogen) atoms. The first kappa shape index (κ1) is 23.7. The average Bonchev–Trinajstić information content (AvgIpc) is 3.40. The molecule has 0 fully saturated rings. The summed E-state index contributed by atoms with van der Waals surface area (Å²) in [5.41, 5.74) is 7.49. The fraction of sp³-hybridized carbons (Fsp3) is 0.103. The van der Waals surface area contributed by atoms with Gasteiger partial charge < -0.3 is 0 Å². The van der Waals surface area contributed by atoms with Crippen LogP contribution in [0, 0.1) is 17.1 Å². The normalized spacial score (nSPS) is 11.7. The number of aliphatic imine (C=N–C) groups is 1. The van der Waals surface area contributed by atoms with E-state index in [-0.39, 0.29) is 5.82 Å². The second-order valence-electron chi connectivity index (χ2n) is 8.29. The molecule has 2 aromatic heterocycles. The van der Waals surface area contributed by atoms with Crippen LogP contribution in [-0.4, -0.2) is 35.3 Å². The Kier molecular flexibility index (Phi) is 6.75. The number of imidazole rings is 1. The molecule has 1 atom stereocenters. The van der Waals surface area contributed by atoms with Crippen LogP contribution in [0.2, 0.25) is 5.71 Å². The number of aryl methyl sites for hydroxylation is 1. The molecule has 5 rings (SSSR count). The van der Waals surface area contributed by atoms with Gasteiger partial charge in [0.05, 0.1) is 0 Å². The number of aromatic amines is 1. The monoisotopic (exact) mass is 535 g/mol. The van der Waals surface area contributed by atoms with Crippen molar-refractivity contribution < 1.29 is 4.39 Å². The number of nitriles is 1. The molecule has 1 N–H and O–H groups in total. The molecular formula is C29H23AsFN5. The molecule has 0 aliphatic heterocycles. The van der Waals surface area contributed by atoms with Crippen LogP contribution in [0.25, 0.3) is 11.0 Å². The van der Waals surface area contributed by atoms with Crippen LogP contribution < -0.4 is 8.83 Å². The first-order chi connectivity index (χ1) is 17.6. The van der Waals surface area contributed by atoms with E-state index < -0.39 is 14.7 Å². The molecule has 7 heteroatoms. The molecule has 3 aromatic carbocycles. The number of nitrogens with one attached hydrogen (secondary N) is 1. The number of rotatable bonds is 6. The van der Waals surface area contributed by atoms with E-state index in [0.717, 1.165) is 32.4 Å². The van der Waals surface area contributed by atoms with E-state index in [1.165, 1.54) is 6.07 Å². The molecule has 0 spiro atoms. The maximum atomic E-state index is 15.2. The predicted molar refractivity (Wildman–Crippen MR) is 143 cm³/mol. The second kappa shape index (κ2) is 10.3. The fourth-order valence-electron chi connectivity index (χ4n) is 4.24. The molecule has 0 bridgehead atoms. The van der Waals surface area contributed by atoms with Gasteiger partial charge in [0.25, 0.3) is 0 Å². The van der Waals surface area contributed by atoms with Gasteiger partial charge in [-0.3, -0.25) is 0 Å². The standard InChI is InChI=1S/C29H23AsFN5/c1-3-20-14-19(17-32)15-23(31)26(20)30(2)25-16-24-28(34-18-33-24)29(35-25)36-27(21-10-6-4-7-11-21)22-12-8-5-9-13-22/h4-16,18H,3H2,1-2H3,(H,33,34). The minimum absolute atomic E-state index is 0.334. The van der Waals surface area contributed by atoms with E-state index in [9.17, 15) is 5.26 Å². The molecule has 2 heterocycles. The number of H-pyrrole nitrogens is 1. The summed E-state index contributed by atoms with van der Waals surface area (Å²) >= 11 is -2.15. The van der Waals surface area contributed by atoms with E-state index in [1.54, 1.807) is 12.4 Å². The maximum absolute atomic E-state index is 15.2. The van der Waals surface area contributed by atoms with Gasteiger partial charge in [-0.1, -0.05) is 0 Å². The van der Waals surface area contributed by atoms with Gasteiger partial charge >= 0.3 is 214 Å². The van der Waals surface area contributed by atoms with E-state index in [1.807, 2.05) is 73.7 Å². The summed E-state index contributed by atoms with van der Waals surface area (Å²) in [6.45, 7) is 1.98. The van der Waals surface area contributed by atoms with Gasteiger partial charge in [-0.25, -0.2) is 0 Å². The molecule has 0 saturated heterocycles. The van der Waals surface area contributed by atoms with E-state index in [4.69, 9.17) is 9.98 Å². The number of pyridine rings is 1. The SMILES string of the molecule is CCc1cc(C#N)cc(F)c1[As](C)c1cc2[nH]cnc2c(N=C(c2ccccc2)c2ccccc2)n1. The third-order valence-electron chi connectivity index (χ3n) is 6.02. The summed E-state index contributed by atoms with van der Waals surface area (Å²) in [5.74, 6) is 0.166. The third-order valence-corrected chi connectivity index (χ3v) is 10.4. The Hall–Kier alpha value is -4.07. The molecule has 0 aliphatic carbocycles. The van der Waals surface area contributed by atoms with Gasteiger partial charge in [-0.2, -0.15) is 0 Å². The third kappa shape index (κ3) is 4.58. The van der Waals surface area contributed by atoms with Crippen LogP contribution in [0.4, 0.5) is 10.2 Å². The number of fused-ring (bicyclic) bond motifs is 1. The van der Waals surface area contributed by atoms with Crippen molar-refractivity contribution in [1.82, 2.24) is 15.0 Å². The molecule has 0 saturated carbocycles. The number of nitrogens with zero attached hydrogens (tertiary/aromatic N) is 4. The van der Waals surface area contributed by atoms with E-state index in [2.05, 4.69) is 21.7 Å². The van der Waals surface area contributed by atoms with Crippen LogP contribution in [0.15, 0.2) is 90.2 Å². The van der Waals surface area contributed by atoms with Gasteiger partial charge in [0.15, 0.2) is 0 Å². The number of hydrogen-bond donors (Lipinski definition) is 1. The predicted octanol–water partition coefficient (Wildman–Crippen LogP) is 4.94. The van der Waals surface area contributed by atoms with Gasteiger partial charge in [0.1, 0.15) is 0 Å². The van der Waals surface area contributed by atoms with Gasteiger partial charge in [0, 0.05) is 0 Å². The Morgan fingerprint density at radius 3 is 2.31 bits per heavy atom. The molecule has 1 unspecified atom stereocenters. The van der Waals surface area contributed by atoms with E-state index >= 15 is 4.39 Å². The van der Waals surface area contributed by atoms with Crippen molar-refractivity contribution >= 4 is 46.0 Å².